The van der Waals surface area contributed by atoms with E-state index in [1.807, 2.05) is 0 Å². The molecule has 2 unspecified atom stereocenters. The predicted octanol–water partition coefficient (Wildman–Crippen LogP) is 1.47. The third kappa shape index (κ3) is 2.61. The molecule has 2 N–H and O–H groups in total. The molecule has 0 aromatic heterocycles. The number of phenolic OH excluding ortho intramolecular Hbond substituents is 1. The number of aliphatic hydroxyl groups excluding tert-OH is 1. The molecule has 15 heavy (non-hydrogen) atoms. The van der Waals surface area contributed by atoms with Gasteiger partial charge in [0.2, 0.25) is 0 Å². The zero-order valence-corrected chi connectivity index (χ0v) is 9.10. The first kappa shape index (κ1) is 11.8. The van der Waals surface area contributed by atoms with Crippen LogP contribution in [-0.4, -0.2) is 30.5 Å². The molecular weight excluding hydrogens is 196 g/mol. The van der Waals surface area contributed by atoms with Crippen LogP contribution in [0.5, 0.6) is 11.5 Å². The third-order valence-electron chi connectivity index (χ3n) is 2.23. The molecule has 1 rings (SSSR count). The molecule has 4 heteroatoms. The summed E-state index contributed by atoms with van der Waals surface area (Å²) < 4.78 is 10.1. The number of benzene rings is 1. The number of rotatable bonds is 4. The summed E-state index contributed by atoms with van der Waals surface area (Å²) in [6.07, 6.45) is -1.26. The van der Waals surface area contributed by atoms with Crippen LogP contribution in [0, 0.1) is 0 Å². The van der Waals surface area contributed by atoms with Crippen LogP contribution in [0.15, 0.2) is 18.2 Å². The fourth-order valence-electron chi connectivity index (χ4n) is 1.47. The molecule has 0 aliphatic heterocycles. The second-order valence-corrected chi connectivity index (χ2v) is 3.32. The van der Waals surface area contributed by atoms with Crippen LogP contribution in [0.3, 0.4) is 0 Å². The molecule has 0 saturated heterocycles. The van der Waals surface area contributed by atoms with E-state index in [1.165, 1.54) is 13.2 Å². The van der Waals surface area contributed by atoms with Crippen molar-refractivity contribution in [2.45, 2.75) is 19.1 Å². The monoisotopic (exact) mass is 212 g/mol. The van der Waals surface area contributed by atoms with E-state index < -0.39 is 12.2 Å². The van der Waals surface area contributed by atoms with Gasteiger partial charge in [-0.25, -0.2) is 0 Å². The van der Waals surface area contributed by atoms with Crippen LogP contribution in [0.4, 0.5) is 0 Å². The fourth-order valence-corrected chi connectivity index (χ4v) is 1.47. The van der Waals surface area contributed by atoms with Gasteiger partial charge in [0.05, 0.1) is 13.2 Å². The standard InChI is InChI=1S/C11H16O4/c1-7(12)11(15-3)9-6-8(14-2)4-5-10(9)13/h4-7,11-13H,1-3H3. The van der Waals surface area contributed by atoms with Crippen molar-refractivity contribution in [2.24, 2.45) is 0 Å². The molecule has 0 bridgehead atoms. The Hall–Kier alpha value is -1.26. The Labute approximate surface area is 89.1 Å². The Kier molecular flexibility index (Phi) is 3.94. The Morgan fingerprint density at radius 3 is 2.40 bits per heavy atom. The first-order valence-corrected chi connectivity index (χ1v) is 4.68. The number of aliphatic hydroxyl groups is 1. The molecule has 2 atom stereocenters. The molecule has 0 aliphatic rings. The zero-order chi connectivity index (χ0) is 11.4. The molecule has 0 radical (unpaired) electrons. The fraction of sp³-hybridized carbons (Fsp3) is 0.455. The largest absolute Gasteiger partial charge is 0.508 e. The van der Waals surface area contributed by atoms with Crippen molar-refractivity contribution in [2.75, 3.05) is 14.2 Å². The first-order chi connectivity index (χ1) is 7.10. The average Bonchev–Trinajstić information content (AvgIpc) is 2.21. The molecule has 0 heterocycles. The molecule has 0 saturated carbocycles. The second kappa shape index (κ2) is 5.00. The quantitative estimate of drug-likeness (QED) is 0.793. The lowest BCUT2D eigenvalue weighted by Gasteiger charge is -2.20. The van der Waals surface area contributed by atoms with E-state index in [-0.39, 0.29) is 5.75 Å². The number of methoxy groups -OCH3 is 2. The SMILES string of the molecule is COc1ccc(O)c(C(OC)C(C)O)c1. The van der Waals surface area contributed by atoms with Crippen molar-refractivity contribution in [1.82, 2.24) is 0 Å². The lowest BCUT2D eigenvalue weighted by Crippen LogP contribution is -2.16. The van der Waals surface area contributed by atoms with Gasteiger partial charge in [-0.1, -0.05) is 0 Å². The minimum absolute atomic E-state index is 0.0866. The van der Waals surface area contributed by atoms with Crippen molar-refractivity contribution >= 4 is 0 Å². The van der Waals surface area contributed by atoms with Crippen molar-refractivity contribution in [1.29, 1.82) is 0 Å². The molecule has 4 nitrogen and oxygen atoms in total. The number of hydrogen-bond acceptors (Lipinski definition) is 4. The van der Waals surface area contributed by atoms with E-state index in [0.717, 1.165) is 0 Å². The first-order valence-electron chi connectivity index (χ1n) is 4.68. The number of phenols is 1. The van der Waals surface area contributed by atoms with Gasteiger partial charge < -0.3 is 19.7 Å². The Morgan fingerprint density at radius 1 is 1.27 bits per heavy atom. The topological polar surface area (TPSA) is 58.9 Å². The Balaban J connectivity index is 3.09. The van der Waals surface area contributed by atoms with E-state index in [9.17, 15) is 10.2 Å². The normalized spacial score (nSPS) is 14.7. The number of aromatic hydroxyl groups is 1. The van der Waals surface area contributed by atoms with Gasteiger partial charge in [-0.05, 0) is 25.1 Å². The molecule has 0 spiro atoms. The number of hydrogen-bond donors (Lipinski definition) is 2. The highest BCUT2D eigenvalue weighted by molar-refractivity contribution is 5.41. The molecule has 1 aromatic carbocycles. The van der Waals surface area contributed by atoms with Gasteiger partial charge in [-0.15, -0.1) is 0 Å². The number of ether oxygens (including phenoxy) is 2. The van der Waals surface area contributed by atoms with Crippen LogP contribution in [-0.2, 0) is 4.74 Å². The summed E-state index contributed by atoms with van der Waals surface area (Å²) in [6, 6.07) is 4.81. The van der Waals surface area contributed by atoms with Gasteiger partial charge >= 0.3 is 0 Å². The van der Waals surface area contributed by atoms with Crippen LogP contribution in [0.2, 0.25) is 0 Å². The molecule has 0 fully saturated rings. The van der Waals surface area contributed by atoms with Gasteiger partial charge in [0, 0.05) is 12.7 Å². The van der Waals surface area contributed by atoms with E-state index >= 15 is 0 Å². The van der Waals surface area contributed by atoms with E-state index in [0.29, 0.717) is 11.3 Å². The summed E-state index contributed by atoms with van der Waals surface area (Å²) in [5.41, 5.74) is 0.520. The Bertz CT molecular complexity index is 322. The molecular formula is C11H16O4. The van der Waals surface area contributed by atoms with E-state index in [2.05, 4.69) is 0 Å². The summed E-state index contributed by atoms with van der Waals surface area (Å²) >= 11 is 0. The summed E-state index contributed by atoms with van der Waals surface area (Å²) in [7, 11) is 3.02. The molecule has 1 aromatic rings. The summed E-state index contributed by atoms with van der Waals surface area (Å²) in [4.78, 5) is 0. The van der Waals surface area contributed by atoms with Crippen molar-refractivity contribution in [3.05, 3.63) is 23.8 Å². The zero-order valence-electron chi connectivity index (χ0n) is 9.10. The molecule has 0 amide bonds. The van der Waals surface area contributed by atoms with Gasteiger partial charge in [-0.3, -0.25) is 0 Å². The highest BCUT2D eigenvalue weighted by atomic mass is 16.5. The van der Waals surface area contributed by atoms with Crippen LogP contribution in [0.25, 0.3) is 0 Å². The maximum Gasteiger partial charge on any atom is 0.121 e. The minimum Gasteiger partial charge on any atom is -0.508 e. The van der Waals surface area contributed by atoms with Crippen LogP contribution < -0.4 is 4.74 Å². The second-order valence-electron chi connectivity index (χ2n) is 3.32. The summed E-state index contributed by atoms with van der Waals surface area (Å²) in [5.74, 6) is 0.703. The minimum atomic E-state index is -0.701. The highest BCUT2D eigenvalue weighted by Crippen LogP contribution is 2.31. The maximum absolute atomic E-state index is 9.63. The summed E-state index contributed by atoms with van der Waals surface area (Å²) in [5, 5.41) is 19.1. The summed E-state index contributed by atoms with van der Waals surface area (Å²) in [6.45, 7) is 1.60. The lowest BCUT2D eigenvalue weighted by molar-refractivity contribution is -0.00483. The lowest BCUT2D eigenvalue weighted by atomic mass is 10.0. The third-order valence-corrected chi connectivity index (χ3v) is 2.23. The smallest absolute Gasteiger partial charge is 0.121 e. The Morgan fingerprint density at radius 2 is 1.93 bits per heavy atom. The van der Waals surface area contributed by atoms with Gasteiger partial charge in [0.25, 0.3) is 0 Å². The average molecular weight is 212 g/mol. The van der Waals surface area contributed by atoms with Gasteiger partial charge in [0.1, 0.15) is 17.6 Å². The van der Waals surface area contributed by atoms with E-state index in [1.54, 1.807) is 26.2 Å². The predicted molar refractivity (Wildman–Crippen MR) is 56.1 cm³/mol. The van der Waals surface area contributed by atoms with Crippen LogP contribution in [0.1, 0.15) is 18.6 Å². The highest BCUT2D eigenvalue weighted by Gasteiger charge is 2.20. The van der Waals surface area contributed by atoms with Crippen molar-refractivity contribution in [3.63, 3.8) is 0 Å². The maximum atomic E-state index is 9.63. The van der Waals surface area contributed by atoms with Gasteiger partial charge in [0.15, 0.2) is 0 Å². The van der Waals surface area contributed by atoms with E-state index in [4.69, 9.17) is 9.47 Å². The molecule has 84 valence electrons. The van der Waals surface area contributed by atoms with Crippen molar-refractivity contribution < 1.29 is 19.7 Å². The van der Waals surface area contributed by atoms with Crippen molar-refractivity contribution in [3.8, 4) is 11.5 Å². The molecule has 0 aliphatic carbocycles. The van der Waals surface area contributed by atoms with Crippen LogP contribution >= 0.6 is 0 Å². The van der Waals surface area contributed by atoms with Gasteiger partial charge in [-0.2, -0.15) is 0 Å².